The van der Waals surface area contributed by atoms with Gasteiger partial charge in [-0.3, -0.25) is 5.10 Å². The SMILES string of the molecule is COc1ccc([C@H](N)c2n[nH]c(COc3ccccc3)n2)cc1OC. The van der Waals surface area contributed by atoms with Gasteiger partial charge in [0, 0.05) is 0 Å². The highest BCUT2D eigenvalue weighted by molar-refractivity contribution is 5.44. The number of hydrogen-bond donors (Lipinski definition) is 2. The van der Waals surface area contributed by atoms with Gasteiger partial charge in [-0.05, 0) is 29.8 Å². The van der Waals surface area contributed by atoms with E-state index >= 15 is 0 Å². The number of nitrogens with zero attached hydrogens (tertiary/aromatic N) is 2. The van der Waals surface area contributed by atoms with Crippen LogP contribution in [0.3, 0.4) is 0 Å². The molecule has 3 rings (SSSR count). The van der Waals surface area contributed by atoms with E-state index in [0.29, 0.717) is 23.1 Å². The first-order valence-corrected chi connectivity index (χ1v) is 7.77. The molecule has 3 aromatic rings. The Morgan fingerprint density at radius 3 is 2.52 bits per heavy atom. The highest BCUT2D eigenvalue weighted by atomic mass is 16.5. The average Bonchev–Trinajstić information content (AvgIpc) is 3.15. The molecule has 0 aliphatic heterocycles. The number of methoxy groups -OCH3 is 2. The van der Waals surface area contributed by atoms with Crippen molar-refractivity contribution in [3.63, 3.8) is 0 Å². The van der Waals surface area contributed by atoms with Crippen LogP contribution in [-0.4, -0.2) is 29.4 Å². The minimum absolute atomic E-state index is 0.287. The zero-order valence-electron chi connectivity index (χ0n) is 14.1. The maximum absolute atomic E-state index is 6.27. The van der Waals surface area contributed by atoms with E-state index in [1.807, 2.05) is 42.5 Å². The molecular weight excluding hydrogens is 320 g/mol. The van der Waals surface area contributed by atoms with Crippen LogP contribution in [0.25, 0.3) is 0 Å². The summed E-state index contributed by atoms with van der Waals surface area (Å²) in [6, 6.07) is 14.5. The third kappa shape index (κ3) is 3.89. The summed E-state index contributed by atoms with van der Waals surface area (Å²) in [6.07, 6.45) is 0. The van der Waals surface area contributed by atoms with Crippen molar-refractivity contribution in [3.05, 3.63) is 65.7 Å². The van der Waals surface area contributed by atoms with Crippen molar-refractivity contribution in [1.82, 2.24) is 15.2 Å². The molecule has 0 aliphatic carbocycles. The maximum atomic E-state index is 6.27. The standard InChI is InChI=1S/C18H20N4O3/c1-23-14-9-8-12(10-15(14)24-2)17(19)18-20-16(21-22-18)11-25-13-6-4-3-5-7-13/h3-10,17H,11,19H2,1-2H3,(H,20,21,22)/t17-/m0/s1. The van der Waals surface area contributed by atoms with Gasteiger partial charge >= 0.3 is 0 Å². The van der Waals surface area contributed by atoms with E-state index in [1.165, 1.54) is 0 Å². The van der Waals surface area contributed by atoms with Gasteiger partial charge in [0.05, 0.1) is 20.3 Å². The first kappa shape index (κ1) is 16.8. The highest BCUT2D eigenvalue weighted by Gasteiger charge is 2.17. The van der Waals surface area contributed by atoms with Gasteiger partial charge in [0.15, 0.2) is 23.1 Å². The Bertz CT molecular complexity index is 820. The molecule has 0 spiro atoms. The van der Waals surface area contributed by atoms with Gasteiger partial charge in [-0.2, -0.15) is 5.10 Å². The van der Waals surface area contributed by atoms with Crippen molar-refractivity contribution in [2.24, 2.45) is 5.73 Å². The summed E-state index contributed by atoms with van der Waals surface area (Å²) in [5, 5.41) is 7.05. The fraction of sp³-hybridized carbons (Fsp3) is 0.222. The number of H-pyrrole nitrogens is 1. The third-order valence-electron chi connectivity index (χ3n) is 3.71. The van der Waals surface area contributed by atoms with Crippen LogP contribution in [0.5, 0.6) is 17.2 Å². The lowest BCUT2D eigenvalue weighted by Gasteiger charge is -2.12. The van der Waals surface area contributed by atoms with E-state index < -0.39 is 6.04 Å². The lowest BCUT2D eigenvalue weighted by atomic mass is 10.1. The Labute approximate surface area is 145 Å². The summed E-state index contributed by atoms with van der Waals surface area (Å²) in [7, 11) is 3.17. The first-order valence-electron chi connectivity index (χ1n) is 7.77. The lowest BCUT2D eigenvalue weighted by molar-refractivity contribution is 0.296. The Kier molecular flexibility index (Phi) is 5.15. The van der Waals surface area contributed by atoms with Crippen molar-refractivity contribution in [2.75, 3.05) is 14.2 Å². The molecule has 0 unspecified atom stereocenters. The molecule has 0 saturated heterocycles. The predicted molar refractivity (Wildman–Crippen MR) is 92.7 cm³/mol. The van der Waals surface area contributed by atoms with Gasteiger partial charge in [0.25, 0.3) is 0 Å². The molecule has 1 aromatic heterocycles. The second-order valence-electron chi connectivity index (χ2n) is 5.33. The summed E-state index contributed by atoms with van der Waals surface area (Å²) in [5.41, 5.74) is 7.10. The van der Waals surface area contributed by atoms with E-state index in [2.05, 4.69) is 15.2 Å². The number of aromatic nitrogens is 3. The van der Waals surface area contributed by atoms with Crippen LogP contribution in [0.15, 0.2) is 48.5 Å². The van der Waals surface area contributed by atoms with E-state index in [1.54, 1.807) is 20.3 Å². The molecule has 0 saturated carbocycles. The van der Waals surface area contributed by atoms with Crippen molar-refractivity contribution < 1.29 is 14.2 Å². The molecule has 0 amide bonds. The fourth-order valence-electron chi connectivity index (χ4n) is 2.38. The monoisotopic (exact) mass is 340 g/mol. The van der Waals surface area contributed by atoms with E-state index in [-0.39, 0.29) is 6.61 Å². The van der Waals surface area contributed by atoms with Crippen LogP contribution < -0.4 is 19.9 Å². The summed E-state index contributed by atoms with van der Waals surface area (Å²) < 4.78 is 16.2. The van der Waals surface area contributed by atoms with Crippen LogP contribution in [0.4, 0.5) is 0 Å². The number of benzene rings is 2. The van der Waals surface area contributed by atoms with Crippen LogP contribution in [0, 0.1) is 0 Å². The highest BCUT2D eigenvalue weighted by Crippen LogP contribution is 2.30. The normalized spacial score (nSPS) is 11.8. The van der Waals surface area contributed by atoms with Gasteiger partial charge in [0.1, 0.15) is 12.4 Å². The Balaban J connectivity index is 1.71. The summed E-state index contributed by atoms with van der Waals surface area (Å²) in [4.78, 5) is 4.41. The van der Waals surface area contributed by atoms with Gasteiger partial charge in [-0.25, -0.2) is 4.98 Å². The van der Waals surface area contributed by atoms with E-state index in [4.69, 9.17) is 19.9 Å². The predicted octanol–water partition coefficient (Wildman–Crippen LogP) is 2.45. The molecule has 25 heavy (non-hydrogen) atoms. The summed E-state index contributed by atoms with van der Waals surface area (Å²) in [5.74, 6) is 3.11. The van der Waals surface area contributed by atoms with Crippen LogP contribution in [-0.2, 0) is 6.61 Å². The number of nitrogens with two attached hydrogens (primary N) is 1. The minimum atomic E-state index is -0.485. The Morgan fingerprint density at radius 1 is 1.04 bits per heavy atom. The fourth-order valence-corrected chi connectivity index (χ4v) is 2.38. The topological polar surface area (TPSA) is 95.3 Å². The zero-order valence-corrected chi connectivity index (χ0v) is 14.1. The second-order valence-corrected chi connectivity index (χ2v) is 5.33. The number of nitrogens with one attached hydrogen (secondary N) is 1. The number of rotatable bonds is 7. The minimum Gasteiger partial charge on any atom is -0.493 e. The van der Waals surface area contributed by atoms with Crippen LogP contribution in [0.1, 0.15) is 23.3 Å². The van der Waals surface area contributed by atoms with Gasteiger partial charge in [-0.1, -0.05) is 24.3 Å². The lowest BCUT2D eigenvalue weighted by Crippen LogP contribution is -2.14. The summed E-state index contributed by atoms with van der Waals surface area (Å²) in [6.45, 7) is 0.287. The van der Waals surface area contributed by atoms with E-state index in [9.17, 15) is 0 Å². The molecular formula is C18H20N4O3. The molecule has 0 bridgehead atoms. The first-order chi connectivity index (χ1) is 12.2. The van der Waals surface area contributed by atoms with Crippen LogP contribution in [0.2, 0.25) is 0 Å². The molecule has 7 heteroatoms. The van der Waals surface area contributed by atoms with Gasteiger partial charge < -0.3 is 19.9 Å². The Hall–Kier alpha value is -3.06. The van der Waals surface area contributed by atoms with Gasteiger partial charge in [0.2, 0.25) is 0 Å². The zero-order chi connectivity index (χ0) is 17.6. The number of hydrogen-bond acceptors (Lipinski definition) is 6. The molecule has 1 heterocycles. The number of ether oxygens (including phenoxy) is 3. The molecule has 0 radical (unpaired) electrons. The average molecular weight is 340 g/mol. The maximum Gasteiger partial charge on any atom is 0.172 e. The third-order valence-corrected chi connectivity index (χ3v) is 3.71. The molecule has 0 aliphatic rings. The molecule has 2 aromatic carbocycles. The molecule has 7 nitrogen and oxygen atoms in total. The number of para-hydroxylation sites is 1. The molecule has 0 fully saturated rings. The number of aromatic amines is 1. The summed E-state index contributed by atoms with van der Waals surface area (Å²) >= 11 is 0. The van der Waals surface area contributed by atoms with Crippen molar-refractivity contribution >= 4 is 0 Å². The van der Waals surface area contributed by atoms with Gasteiger partial charge in [-0.15, -0.1) is 0 Å². The molecule has 1 atom stereocenters. The quantitative estimate of drug-likeness (QED) is 0.686. The Morgan fingerprint density at radius 2 is 1.80 bits per heavy atom. The van der Waals surface area contributed by atoms with Crippen molar-refractivity contribution in [1.29, 1.82) is 0 Å². The molecule has 130 valence electrons. The smallest absolute Gasteiger partial charge is 0.172 e. The largest absolute Gasteiger partial charge is 0.493 e. The van der Waals surface area contributed by atoms with Crippen molar-refractivity contribution in [3.8, 4) is 17.2 Å². The van der Waals surface area contributed by atoms with Crippen molar-refractivity contribution in [2.45, 2.75) is 12.6 Å². The van der Waals surface area contributed by atoms with E-state index in [0.717, 1.165) is 11.3 Å². The second kappa shape index (κ2) is 7.67. The molecule has 3 N–H and O–H groups in total. The van der Waals surface area contributed by atoms with Crippen LogP contribution >= 0.6 is 0 Å².